The van der Waals surface area contributed by atoms with E-state index in [0.29, 0.717) is 43.3 Å². The number of hydrogen-bond acceptors (Lipinski definition) is 8. The van der Waals surface area contributed by atoms with Crippen molar-refractivity contribution in [3.8, 4) is 11.6 Å². The Hall–Kier alpha value is -3.99. The summed E-state index contributed by atoms with van der Waals surface area (Å²) in [4.78, 5) is 42.8. The summed E-state index contributed by atoms with van der Waals surface area (Å²) in [5.41, 5.74) is 0.151. The molecular weight excluding hydrogens is 440 g/mol. The molecule has 2 fully saturated rings. The SMILES string of the molecule is COCCCn1ncc2cc(Oc3ccc(N4CCCC45C(=O)NC(=O)NC5=O)cn3)ccc21. The molecule has 0 unspecified atom stereocenters. The third-order valence-corrected chi connectivity index (χ3v) is 6.17. The van der Waals surface area contributed by atoms with Crippen LogP contribution >= 0.6 is 0 Å². The van der Waals surface area contributed by atoms with Gasteiger partial charge in [-0.2, -0.15) is 5.10 Å². The van der Waals surface area contributed by atoms with Gasteiger partial charge in [-0.25, -0.2) is 9.78 Å². The fourth-order valence-corrected chi connectivity index (χ4v) is 4.57. The molecule has 11 heteroatoms. The van der Waals surface area contributed by atoms with E-state index in [1.807, 2.05) is 22.9 Å². The predicted octanol–water partition coefficient (Wildman–Crippen LogP) is 1.97. The van der Waals surface area contributed by atoms with Crippen LogP contribution in [-0.4, -0.2) is 58.4 Å². The summed E-state index contributed by atoms with van der Waals surface area (Å²) < 4.78 is 13.0. The molecule has 2 aliphatic heterocycles. The maximum absolute atomic E-state index is 12.6. The van der Waals surface area contributed by atoms with Crippen molar-refractivity contribution in [2.45, 2.75) is 31.3 Å². The van der Waals surface area contributed by atoms with Gasteiger partial charge >= 0.3 is 6.03 Å². The van der Waals surface area contributed by atoms with Crippen LogP contribution in [0.5, 0.6) is 11.6 Å². The average molecular weight is 464 g/mol. The molecular formula is C23H24N6O5. The number of nitrogens with zero attached hydrogens (tertiary/aromatic N) is 4. The van der Waals surface area contributed by atoms with Crippen LogP contribution in [0.25, 0.3) is 10.9 Å². The van der Waals surface area contributed by atoms with Gasteiger partial charge in [-0.3, -0.25) is 24.9 Å². The van der Waals surface area contributed by atoms with Crippen LogP contribution in [0, 0.1) is 0 Å². The van der Waals surface area contributed by atoms with E-state index in [1.54, 1.807) is 36.5 Å². The van der Waals surface area contributed by atoms with E-state index in [2.05, 4.69) is 20.7 Å². The maximum Gasteiger partial charge on any atom is 0.328 e. The van der Waals surface area contributed by atoms with Crippen LogP contribution in [-0.2, 0) is 20.9 Å². The first-order valence-corrected chi connectivity index (χ1v) is 11.0. The van der Waals surface area contributed by atoms with E-state index in [1.165, 1.54) is 0 Å². The molecule has 2 saturated heterocycles. The van der Waals surface area contributed by atoms with Crippen molar-refractivity contribution in [1.82, 2.24) is 25.4 Å². The van der Waals surface area contributed by atoms with Gasteiger partial charge in [0.05, 0.1) is 23.6 Å². The molecule has 176 valence electrons. The average Bonchev–Trinajstić information content (AvgIpc) is 3.44. The molecule has 4 heterocycles. The van der Waals surface area contributed by atoms with Crippen molar-refractivity contribution >= 4 is 34.4 Å². The predicted molar refractivity (Wildman–Crippen MR) is 122 cm³/mol. The molecule has 34 heavy (non-hydrogen) atoms. The van der Waals surface area contributed by atoms with Crippen LogP contribution in [0.4, 0.5) is 10.5 Å². The zero-order valence-electron chi connectivity index (χ0n) is 18.6. The summed E-state index contributed by atoms with van der Waals surface area (Å²) in [6.07, 6.45) is 5.18. The van der Waals surface area contributed by atoms with Crippen molar-refractivity contribution in [3.63, 3.8) is 0 Å². The number of aryl methyl sites for hydroxylation is 1. The number of nitrogens with one attached hydrogen (secondary N) is 2. The monoisotopic (exact) mass is 464 g/mol. The number of urea groups is 1. The molecule has 0 saturated carbocycles. The molecule has 3 aromatic rings. The smallest absolute Gasteiger partial charge is 0.328 e. The lowest BCUT2D eigenvalue weighted by atomic mass is 9.92. The van der Waals surface area contributed by atoms with Gasteiger partial charge in [-0.05, 0) is 43.5 Å². The highest BCUT2D eigenvalue weighted by Gasteiger charge is 2.57. The largest absolute Gasteiger partial charge is 0.439 e. The molecule has 4 amide bonds. The Balaban J connectivity index is 1.32. The first-order chi connectivity index (χ1) is 16.5. The van der Waals surface area contributed by atoms with Gasteiger partial charge in [0.1, 0.15) is 5.75 Å². The van der Waals surface area contributed by atoms with Crippen LogP contribution in [0.2, 0.25) is 0 Å². The number of hydrogen-bond donors (Lipinski definition) is 2. The highest BCUT2D eigenvalue weighted by Crippen LogP contribution is 2.36. The Labute approximate surface area is 195 Å². The molecule has 1 spiro atoms. The lowest BCUT2D eigenvalue weighted by molar-refractivity contribution is -0.137. The van der Waals surface area contributed by atoms with Crippen molar-refractivity contribution in [2.24, 2.45) is 0 Å². The normalized spacial score (nSPS) is 17.3. The van der Waals surface area contributed by atoms with Gasteiger partial charge in [-0.1, -0.05) is 0 Å². The van der Waals surface area contributed by atoms with Crippen LogP contribution in [0.3, 0.4) is 0 Å². The van der Waals surface area contributed by atoms with Gasteiger partial charge in [0.25, 0.3) is 11.8 Å². The summed E-state index contributed by atoms with van der Waals surface area (Å²) in [5.74, 6) is -0.242. The number of ether oxygens (including phenoxy) is 2. The fraction of sp³-hybridized carbons (Fsp3) is 0.348. The summed E-state index contributed by atoms with van der Waals surface area (Å²) in [5, 5.41) is 9.79. The van der Waals surface area contributed by atoms with Crippen molar-refractivity contribution in [2.75, 3.05) is 25.2 Å². The number of benzene rings is 1. The molecule has 0 aliphatic carbocycles. The quantitative estimate of drug-likeness (QED) is 0.401. The Bertz CT molecular complexity index is 1230. The summed E-state index contributed by atoms with van der Waals surface area (Å²) in [7, 11) is 1.68. The van der Waals surface area contributed by atoms with Crippen LogP contribution in [0.15, 0.2) is 42.7 Å². The number of carbonyl (C=O) groups is 3. The second kappa shape index (κ2) is 8.75. The summed E-state index contributed by atoms with van der Waals surface area (Å²) in [6, 6.07) is 8.34. The molecule has 0 radical (unpaired) electrons. The number of anilines is 1. The number of carbonyl (C=O) groups excluding carboxylic acids is 3. The zero-order chi connectivity index (χ0) is 23.7. The Morgan fingerprint density at radius 2 is 1.91 bits per heavy atom. The minimum Gasteiger partial charge on any atom is -0.439 e. The first kappa shape index (κ1) is 21.8. The lowest BCUT2D eigenvalue weighted by Gasteiger charge is -2.38. The third-order valence-electron chi connectivity index (χ3n) is 6.17. The van der Waals surface area contributed by atoms with Gasteiger partial charge in [-0.15, -0.1) is 0 Å². The van der Waals surface area contributed by atoms with Crippen molar-refractivity contribution < 1.29 is 23.9 Å². The highest BCUT2D eigenvalue weighted by molar-refractivity contribution is 6.24. The van der Waals surface area contributed by atoms with E-state index in [4.69, 9.17) is 9.47 Å². The van der Waals surface area contributed by atoms with Crippen LogP contribution in [0.1, 0.15) is 19.3 Å². The Morgan fingerprint density at radius 3 is 2.65 bits per heavy atom. The molecule has 11 nitrogen and oxygen atoms in total. The van der Waals surface area contributed by atoms with E-state index < -0.39 is 23.4 Å². The molecule has 2 aromatic heterocycles. The first-order valence-electron chi connectivity index (χ1n) is 11.0. The van der Waals surface area contributed by atoms with E-state index in [0.717, 1.165) is 23.9 Å². The second-order valence-electron chi connectivity index (χ2n) is 8.24. The van der Waals surface area contributed by atoms with Gasteiger partial charge < -0.3 is 14.4 Å². The number of rotatable bonds is 7. The van der Waals surface area contributed by atoms with Gasteiger partial charge in [0.15, 0.2) is 5.54 Å². The molecule has 1 aromatic carbocycles. The van der Waals surface area contributed by atoms with Crippen molar-refractivity contribution in [1.29, 1.82) is 0 Å². The third kappa shape index (κ3) is 3.73. The number of imide groups is 2. The lowest BCUT2D eigenvalue weighted by Crippen LogP contribution is -2.71. The number of barbiturate groups is 1. The van der Waals surface area contributed by atoms with Gasteiger partial charge in [0.2, 0.25) is 5.88 Å². The summed E-state index contributed by atoms with van der Waals surface area (Å²) >= 11 is 0. The maximum atomic E-state index is 12.6. The molecule has 0 bridgehead atoms. The Morgan fingerprint density at radius 1 is 1.09 bits per heavy atom. The molecule has 2 aliphatic rings. The van der Waals surface area contributed by atoms with E-state index in [9.17, 15) is 14.4 Å². The van der Waals surface area contributed by atoms with Gasteiger partial charge in [0, 0.05) is 38.3 Å². The number of methoxy groups -OCH3 is 1. The van der Waals surface area contributed by atoms with Crippen LogP contribution < -0.4 is 20.3 Å². The molecule has 5 rings (SSSR count). The highest BCUT2D eigenvalue weighted by atomic mass is 16.5. The number of amides is 4. The zero-order valence-corrected chi connectivity index (χ0v) is 18.6. The summed E-state index contributed by atoms with van der Waals surface area (Å²) in [6.45, 7) is 1.93. The minimum absolute atomic E-state index is 0.315. The Kier molecular flexibility index (Phi) is 5.62. The van der Waals surface area contributed by atoms with E-state index >= 15 is 0 Å². The molecule has 2 N–H and O–H groups in total. The number of aromatic nitrogens is 3. The minimum atomic E-state index is -1.45. The number of fused-ring (bicyclic) bond motifs is 1. The van der Waals surface area contributed by atoms with Crippen molar-refractivity contribution in [3.05, 3.63) is 42.7 Å². The standard InChI is InChI=1S/C23H24N6O5/c1-33-11-3-10-29-18-6-5-17(12-15(18)13-25-29)34-19-7-4-16(14-24-19)28-9-2-8-23(28)20(30)26-22(32)27-21(23)31/h4-7,12-14H,2-3,8-11H2,1H3,(H2,26,27,30,31,32). The second-order valence-corrected chi connectivity index (χ2v) is 8.24. The number of pyridine rings is 1. The topological polar surface area (TPSA) is 128 Å². The molecule has 0 atom stereocenters. The van der Waals surface area contributed by atoms with E-state index in [-0.39, 0.29) is 0 Å². The fourth-order valence-electron chi connectivity index (χ4n) is 4.57.